The number of halogens is 2. The molecule has 1 aliphatic rings. The lowest BCUT2D eigenvalue weighted by atomic mass is 10.2. The normalized spacial score (nSPS) is 15.0. The molecule has 0 unspecified atom stereocenters. The first-order valence-corrected chi connectivity index (χ1v) is 8.69. The molecule has 1 aromatic heterocycles. The average molecular weight is 367 g/mol. The first-order chi connectivity index (χ1) is 11.5. The Labute approximate surface area is 151 Å². The number of carbonyl (C=O) groups excluding carboxylic acids is 1. The largest absolute Gasteiger partial charge is 0.368 e. The van der Waals surface area contributed by atoms with Gasteiger partial charge in [-0.15, -0.1) is 0 Å². The number of rotatable bonds is 3. The highest BCUT2D eigenvalue weighted by molar-refractivity contribution is 6.31. The van der Waals surface area contributed by atoms with E-state index in [1.165, 1.54) is 0 Å². The summed E-state index contributed by atoms with van der Waals surface area (Å²) in [5, 5.41) is 5.70. The standard InChI is InChI=1S/C17H20Cl2N4O/c1-12-17(19)13(2)23(20-12)11-16(24)22-9-7-21(8-10-22)15-5-3-14(18)4-6-15/h3-6H,7-11H2,1-2H3. The van der Waals surface area contributed by atoms with Crippen molar-refractivity contribution in [2.75, 3.05) is 31.1 Å². The van der Waals surface area contributed by atoms with E-state index in [1.807, 2.05) is 43.0 Å². The molecule has 7 heteroatoms. The van der Waals surface area contributed by atoms with E-state index in [9.17, 15) is 4.79 Å². The number of aromatic nitrogens is 2. The van der Waals surface area contributed by atoms with Crippen molar-refractivity contribution in [3.8, 4) is 0 Å². The van der Waals surface area contributed by atoms with Crippen LogP contribution in [0.5, 0.6) is 0 Å². The fraction of sp³-hybridized carbons (Fsp3) is 0.412. The number of amides is 1. The molecular formula is C17H20Cl2N4O. The summed E-state index contributed by atoms with van der Waals surface area (Å²) in [6.07, 6.45) is 0. The van der Waals surface area contributed by atoms with Gasteiger partial charge in [-0.05, 0) is 38.1 Å². The van der Waals surface area contributed by atoms with Crippen LogP contribution in [0.2, 0.25) is 10.0 Å². The van der Waals surface area contributed by atoms with Gasteiger partial charge in [-0.25, -0.2) is 0 Å². The quantitative estimate of drug-likeness (QED) is 0.837. The first kappa shape index (κ1) is 17.1. The number of anilines is 1. The highest BCUT2D eigenvalue weighted by Crippen LogP contribution is 2.21. The molecule has 1 aromatic carbocycles. The molecule has 0 spiro atoms. The van der Waals surface area contributed by atoms with Crippen LogP contribution in [0.4, 0.5) is 5.69 Å². The second-order valence-corrected chi connectivity index (χ2v) is 6.80. The molecule has 1 fully saturated rings. The maximum atomic E-state index is 12.5. The molecule has 24 heavy (non-hydrogen) atoms. The van der Waals surface area contributed by atoms with Crippen LogP contribution in [-0.2, 0) is 11.3 Å². The Morgan fingerprint density at radius 1 is 1.08 bits per heavy atom. The van der Waals surface area contributed by atoms with Gasteiger partial charge in [0.15, 0.2) is 0 Å². The molecule has 3 rings (SSSR count). The fourth-order valence-electron chi connectivity index (χ4n) is 2.92. The molecule has 0 bridgehead atoms. The molecule has 0 aliphatic carbocycles. The van der Waals surface area contributed by atoms with Crippen molar-refractivity contribution in [2.24, 2.45) is 0 Å². The zero-order valence-electron chi connectivity index (χ0n) is 13.8. The number of piperazine rings is 1. The monoisotopic (exact) mass is 366 g/mol. The minimum Gasteiger partial charge on any atom is -0.368 e. The number of benzene rings is 1. The summed E-state index contributed by atoms with van der Waals surface area (Å²) in [4.78, 5) is 16.7. The SMILES string of the molecule is Cc1nn(CC(=O)N2CCN(c3ccc(Cl)cc3)CC2)c(C)c1Cl. The van der Waals surface area contributed by atoms with E-state index in [4.69, 9.17) is 23.2 Å². The highest BCUT2D eigenvalue weighted by atomic mass is 35.5. The second kappa shape index (κ2) is 7.03. The number of carbonyl (C=O) groups is 1. The number of hydrogen-bond acceptors (Lipinski definition) is 3. The Morgan fingerprint density at radius 2 is 1.71 bits per heavy atom. The zero-order chi connectivity index (χ0) is 17.3. The Balaban J connectivity index is 1.59. The maximum Gasteiger partial charge on any atom is 0.244 e. The third kappa shape index (κ3) is 3.52. The summed E-state index contributed by atoms with van der Waals surface area (Å²) in [6, 6.07) is 7.80. The predicted octanol–water partition coefficient (Wildman–Crippen LogP) is 3.16. The smallest absolute Gasteiger partial charge is 0.244 e. The third-order valence-corrected chi connectivity index (χ3v) is 5.20. The van der Waals surface area contributed by atoms with Crippen molar-refractivity contribution in [3.63, 3.8) is 0 Å². The minimum absolute atomic E-state index is 0.0769. The van der Waals surface area contributed by atoms with Crippen LogP contribution in [0.3, 0.4) is 0 Å². The lowest BCUT2D eigenvalue weighted by molar-refractivity contribution is -0.132. The van der Waals surface area contributed by atoms with Crippen molar-refractivity contribution in [1.82, 2.24) is 14.7 Å². The highest BCUT2D eigenvalue weighted by Gasteiger charge is 2.22. The van der Waals surface area contributed by atoms with Gasteiger partial charge in [-0.3, -0.25) is 9.48 Å². The molecule has 1 aliphatic heterocycles. The van der Waals surface area contributed by atoms with Crippen molar-refractivity contribution < 1.29 is 4.79 Å². The molecule has 2 aromatic rings. The van der Waals surface area contributed by atoms with E-state index >= 15 is 0 Å². The summed E-state index contributed by atoms with van der Waals surface area (Å²) in [5.41, 5.74) is 2.73. The Morgan fingerprint density at radius 3 is 2.25 bits per heavy atom. The lowest BCUT2D eigenvalue weighted by Gasteiger charge is -2.36. The van der Waals surface area contributed by atoms with Crippen LogP contribution in [0.25, 0.3) is 0 Å². The first-order valence-electron chi connectivity index (χ1n) is 7.93. The summed E-state index contributed by atoms with van der Waals surface area (Å²) >= 11 is 12.1. The van der Waals surface area contributed by atoms with E-state index in [0.717, 1.165) is 35.2 Å². The van der Waals surface area contributed by atoms with Gasteiger partial charge in [0.05, 0.1) is 16.4 Å². The van der Waals surface area contributed by atoms with Crippen molar-refractivity contribution in [3.05, 3.63) is 45.7 Å². The van der Waals surface area contributed by atoms with Gasteiger partial charge in [0.25, 0.3) is 0 Å². The van der Waals surface area contributed by atoms with E-state index in [2.05, 4.69) is 10.00 Å². The molecule has 0 radical (unpaired) electrons. The van der Waals surface area contributed by atoms with Crippen LogP contribution >= 0.6 is 23.2 Å². The Hall–Kier alpha value is -1.72. The molecule has 128 valence electrons. The van der Waals surface area contributed by atoms with Gasteiger partial charge in [0, 0.05) is 36.9 Å². The topological polar surface area (TPSA) is 41.4 Å². The van der Waals surface area contributed by atoms with Crippen molar-refractivity contribution in [2.45, 2.75) is 20.4 Å². The van der Waals surface area contributed by atoms with Gasteiger partial charge in [0.2, 0.25) is 5.91 Å². The van der Waals surface area contributed by atoms with Gasteiger partial charge in [-0.1, -0.05) is 23.2 Å². The van der Waals surface area contributed by atoms with E-state index in [0.29, 0.717) is 18.1 Å². The minimum atomic E-state index is 0.0769. The zero-order valence-corrected chi connectivity index (χ0v) is 15.3. The van der Waals surface area contributed by atoms with E-state index in [1.54, 1.807) is 4.68 Å². The lowest BCUT2D eigenvalue weighted by Crippen LogP contribution is -2.49. The van der Waals surface area contributed by atoms with E-state index in [-0.39, 0.29) is 12.5 Å². The molecule has 0 N–H and O–H groups in total. The van der Waals surface area contributed by atoms with Gasteiger partial charge in [-0.2, -0.15) is 5.10 Å². The van der Waals surface area contributed by atoms with Gasteiger partial charge in [0.1, 0.15) is 6.54 Å². The van der Waals surface area contributed by atoms with Crippen molar-refractivity contribution >= 4 is 34.8 Å². The molecule has 1 amide bonds. The third-order valence-electron chi connectivity index (χ3n) is 4.40. The van der Waals surface area contributed by atoms with Crippen LogP contribution in [-0.4, -0.2) is 46.8 Å². The summed E-state index contributed by atoms with van der Waals surface area (Å²) in [6.45, 7) is 7.00. The Bertz CT molecular complexity index is 734. The average Bonchev–Trinajstić information content (AvgIpc) is 2.83. The fourth-order valence-corrected chi connectivity index (χ4v) is 3.18. The number of hydrogen-bond donors (Lipinski definition) is 0. The van der Waals surface area contributed by atoms with Crippen LogP contribution in [0.15, 0.2) is 24.3 Å². The number of aryl methyl sites for hydroxylation is 1. The molecule has 0 saturated carbocycles. The number of nitrogens with zero attached hydrogens (tertiary/aromatic N) is 4. The summed E-state index contributed by atoms with van der Waals surface area (Å²) in [7, 11) is 0. The van der Waals surface area contributed by atoms with Gasteiger partial charge >= 0.3 is 0 Å². The molecule has 0 atom stereocenters. The predicted molar refractivity (Wildman–Crippen MR) is 97.0 cm³/mol. The van der Waals surface area contributed by atoms with Gasteiger partial charge < -0.3 is 9.80 Å². The van der Waals surface area contributed by atoms with Crippen LogP contribution < -0.4 is 4.90 Å². The molecule has 1 saturated heterocycles. The summed E-state index contributed by atoms with van der Waals surface area (Å²) < 4.78 is 1.69. The molecule has 2 heterocycles. The maximum absolute atomic E-state index is 12.5. The second-order valence-electron chi connectivity index (χ2n) is 5.99. The Kier molecular flexibility index (Phi) is 5.01. The van der Waals surface area contributed by atoms with Crippen LogP contribution in [0, 0.1) is 13.8 Å². The molecule has 5 nitrogen and oxygen atoms in total. The summed E-state index contributed by atoms with van der Waals surface area (Å²) in [5.74, 6) is 0.0769. The van der Waals surface area contributed by atoms with E-state index < -0.39 is 0 Å². The van der Waals surface area contributed by atoms with Crippen LogP contribution in [0.1, 0.15) is 11.4 Å². The van der Waals surface area contributed by atoms with Crippen molar-refractivity contribution in [1.29, 1.82) is 0 Å². The molecular weight excluding hydrogens is 347 g/mol.